The number of nitrogens with zero attached hydrogens (tertiary/aromatic N) is 3. The van der Waals surface area contributed by atoms with Gasteiger partial charge in [-0.3, -0.25) is 4.90 Å². The zero-order valence-corrected chi connectivity index (χ0v) is 22.8. The number of carbonyl (C=O) groups is 2. The normalized spacial score (nSPS) is 12.3. The third kappa shape index (κ3) is 6.55. The maximum absolute atomic E-state index is 13.2. The number of fused-ring (bicyclic) bond motifs is 1. The summed E-state index contributed by atoms with van der Waals surface area (Å²) in [5, 5.41) is 13.8. The van der Waals surface area contributed by atoms with Gasteiger partial charge < -0.3 is 15.0 Å². The first kappa shape index (κ1) is 27.3. The molecule has 0 aliphatic rings. The van der Waals surface area contributed by atoms with Crippen LogP contribution in [0.5, 0.6) is 0 Å². The number of nitrogens with one attached hydrogen (secondary N) is 1. The smallest absolute Gasteiger partial charge is 0.327 e. The summed E-state index contributed by atoms with van der Waals surface area (Å²) >= 11 is 1.52. The number of imidazole rings is 1. The molecule has 2 amide bonds. The second-order valence-electron chi connectivity index (χ2n) is 10.2. The largest absolute Gasteiger partial charge is 0.480 e. The quantitative estimate of drug-likeness (QED) is 0.178. The highest BCUT2D eigenvalue weighted by Gasteiger charge is 2.35. The zero-order valence-electron chi connectivity index (χ0n) is 22.0. The molecule has 0 spiro atoms. The Balaban J connectivity index is 1.48. The van der Waals surface area contributed by atoms with E-state index in [0.717, 1.165) is 22.3 Å². The van der Waals surface area contributed by atoms with Crippen LogP contribution in [0, 0.1) is 5.41 Å². The van der Waals surface area contributed by atoms with Gasteiger partial charge >= 0.3 is 12.0 Å². The molecule has 0 aliphatic heterocycles. The van der Waals surface area contributed by atoms with Gasteiger partial charge in [-0.15, -0.1) is 0 Å². The molecule has 1 unspecified atom stereocenters. The van der Waals surface area contributed by atoms with Gasteiger partial charge in [-0.25, -0.2) is 14.6 Å². The summed E-state index contributed by atoms with van der Waals surface area (Å²) in [6.45, 7) is 6.76. The van der Waals surface area contributed by atoms with Gasteiger partial charge in [0.1, 0.15) is 6.04 Å². The molecule has 4 aromatic rings. The third-order valence-corrected chi connectivity index (χ3v) is 7.27. The second kappa shape index (κ2) is 12.2. The first-order valence-corrected chi connectivity index (χ1v) is 13.7. The van der Waals surface area contributed by atoms with Gasteiger partial charge in [0.15, 0.2) is 5.16 Å². The Bertz CT molecular complexity index is 1370. The van der Waals surface area contributed by atoms with Gasteiger partial charge in [0, 0.05) is 24.5 Å². The molecule has 38 heavy (non-hydrogen) atoms. The van der Waals surface area contributed by atoms with Crippen LogP contribution < -0.4 is 10.2 Å². The van der Waals surface area contributed by atoms with Crippen LogP contribution in [0.2, 0.25) is 0 Å². The number of carboxylic acids is 1. The van der Waals surface area contributed by atoms with E-state index in [0.29, 0.717) is 30.4 Å². The number of para-hydroxylation sites is 3. The van der Waals surface area contributed by atoms with E-state index in [-0.39, 0.29) is 6.03 Å². The van der Waals surface area contributed by atoms with Gasteiger partial charge in [0.25, 0.3) is 0 Å². The SMILES string of the molecule is CC(C)(C)C(C(=O)O)n1c(SCCCN(C(=O)NCc2ccccc2)c2ccccc2)nc2ccccc21. The Hall–Kier alpha value is -3.78. The van der Waals surface area contributed by atoms with E-state index in [9.17, 15) is 14.7 Å². The minimum atomic E-state index is -0.882. The Morgan fingerprint density at radius 1 is 0.974 bits per heavy atom. The number of hydrogen-bond acceptors (Lipinski definition) is 4. The molecule has 3 aromatic carbocycles. The van der Waals surface area contributed by atoms with Gasteiger partial charge in [-0.05, 0) is 41.7 Å². The lowest BCUT2D eigenvalue weighted by Crippen LogP contribution is -2.40. The van der Waals surface area contributed by atoms with Gasteiger partial charge in [0.05, 0.1) is 11.0 Å². The molecule has 1 atom stereocenters. The highest BCUT2D eigenvalue weighted by molar-refractivity contribution is 7.99. The van der Waals surface area contributed by atoms with E-state index in [4.69, 9.17) is 4.98 Å². The minimum absolute atomic E-state index is 0.157. The predicted octanol–water partition coefficient (Wildman–Crippen LogP) is 6.61. The molecule has 1 heterocycles. The van der Waals surface area contributed by atoms with Crippen LogP contribution in [0.15, 0.2) is 90.1 Å². The predicted molar refractivity (Wildman–Crippen MR) is 154 cm³/mol. The summed E-state index contributed by atoms with van der Waals surface area (Å²) in [7, 11) is 0. The number of rotatable bonds is 10. The summed E-state index contributed by atoms with van der Waals surface area (Å²) < 4.78 is 1.85. The summed E-state index contributed by atoms with van der Waals surface area (Å²) in [6, 6.07) is 26.2. The molecule has 0 saturated carbocycles. The molecule has 7 nitrogen and oxygen atoms in total. The number of amides is 2. The van der Waals surface area contributed by atoms with Crippen molar-refractivity contribution in [2.75, 3.05) is 17.2 Å². The molecule has 0 saturated heterocycles. The topological polar surface area (TPSA) is 87.5 Å². The number of anilines is 1. The van der Waals surface area contributed by atoms with Crippen molar-refractivity contribution >= 4 is 40.5 Å². The van der Waals surface area contributed by atoms with E-state index >= 15 is 0 Å². The van der Waals surface area contributed by atoms with Crippen molar-refractivity contribution in [1.82, 2.24) is 14.9 Å². The average Bonchev–Trinajstić information content (AvgIpc) is 3.25. The Morgan fingerprint density at radius 2 is 1.61 bits per heavy atom. The number of hydrogen-bond donors (Lipinski definition) is 2. The van der Waals surface area contributed by atoms with Crippen molar-refractivity contribution in [2.24, 2.45) is 5.41 Å². The molecule has 0 fully saturated rings. The van der Waals surface area contributed by atoms with Crippen molar-refractivity contribution in [3.05, 3.63) is 90.5 Å². The second-order valence-corrected chi connectivity index (χ2v) is 11.3. The molecule has 2 N–H and O–H groups in total. The van der Waals surface area contributed by atoms with E-state index in [1.54, 1.807) is 4.90 Å². The van der Waals surface area contributed by atoms with Crippen molar-refractivity contribution in [2.45, 2.75) is 44.9 Å². The monoisotopic (exact) mass is 530 g/mol. The number of thioether (sulfide) groups is 1. The first-order valence-electron chi connectivity index (χ1n) is 12.7. The minimum Gasteiger partial charge on any atom is -0.480 e. The van der Waals surface area contributed by atoms with Crippen molar-refractivity contribution in [3.63, 3.8) is 0 Å². The summed E-state index contributed by atoms with van der Waals surface area (Å²) in [5.41, 5.74) is 2.94. The van der Waals surface area contributed by atoms with E-state index in [1.165, 1.54) is 11.8 Å². The van der Waals surface area contributed by atoms with Crippen molar-refractivity contribution in [1.29, 1.82) is 0 Å². The van der Waals surface area contributed by atoms with Crippen LogP contribution in [0.25, 0.3) is 11.0 Å². The molecule has 0 radical (unpaired) electrons. The molecule has 8 heteroatoms. The Kier molecular flexibility index (Phi) is 8.73. The van der Waals surface area contributed by atoms with E-state index in [2.05, 4.69) is 5.32 Å². The fourth-order valence-corrected chi connectivity index (χ4v) is 5.41. The Morgan fingerprint density at radius 3 is 2.26 bits per heavy atom. The Labute approximate surface area is 227 Å². The average molecular weight is 531 g/mol. The zero-order chi connectivity index (χ0) is 27.1. The number of benzene rings is 3. The molecule has 198 valence electrons. The first-order chi connectivity index (χ1) is 18.3. The summed E-state index contributed by atoms with van der Waals surface area (Å²) in [4.78, 5) is 32.0. The van der Waals surface area contributed by atoms with Crippen molar-refractivity contribution < 1.29 is 14.7 Å². The fraction of sp³-hybridized carbons (Fsp3) is 0.300. The van der Waals surface area contributed by atoms with Crippen LogP contribution in [-0.4, -0.2) is 39.0 Å². The highest BCUT2D eigenvalue weighted by Crippen LogP contribution is 2.37. The molecular formula is C30H34N4O3S. The van der Waals surface area contributed by atoms with Crippen molar-refractivity contribution in [3.8, 4) is 0 Å². The van der Waals surface area contributed by atoms with Crippen LogP contribution in [0.4, 0.5) is 10.5 Å². The maximum Gasteiger partial charge on any atom is 0.327 e. The van der Waals surface area contributed by atoms with Gasteiger partial charge in [0.2, 0.25) is 0 Å². The summed E-state index contributed by atoms with van der Waals surface area (Å²) in [5.74, 6) is -0.206. The van der Waals surface area contributed by atoms with Gasteiger partial charge in [-0.1, -0.05) is 93.2 Å². The van der Waals surface area contributed by atoms with E-state index < -0.39 is 17.4 Å². The number of aliphatic carboxylic acids is 1. The standard InChI is InChI=1S/C30H34N4O3S/c1-30(2,3)26(27(35)36)34-25-18-11-10-17-24(25)32-29(34)38-20-12-19-33(23-15-8-5-9-16-23)28(37)31-21-22-13-6-4-7-14-22/h4-11,13-18,26H,12,19-21H2,1-3H3,(H,31,37)(H,35,36). The molecule has 4 rings (SSSR count). The van der Waals surface area contributed by atoms with Crippen LogP contribution in [0.1, 0.15) is 38.8 Å². The lowest BCUT2D eigenvalue weighted by Gasteiger charge is -2.30. The lowest BCUT2D eigenvalue weighted by molar-refractivity contribution is -0.144. The van der Waals surface area contributed by atoms with Crippen LogP contribution >= 0.6 is 11.8 Å². The lowest BCUT2D eigenvalue weighted by atomic mass is 9.86. The molecule has 0 bridgehead atoms. The molecule has 0 aliphatic carbocycles. The maximum atomic E-state index is 13.2. The third-order valence-electron chi connectivity index (χ3n) is 6.23. The fourth-order valence-electron chi connectivity index (χ4n) is 4.45. The highest BCUT2D eigenvalue weighted by atomic mass is 32.2. The van der Waals surface area contributed by atoms with Crippen LogP contribution in [-0.2, 0) is 11.3 Å². The number of carboxylic acid groups (broad SMARTS) is 1. The summed E-state index contributed by atoms with van der Waals surface area (Å²) in [6.07, 6.45) is 0.703. The number of urea groups is 1. The number of aromatic nitrogens is 2. The van der Waals surface area contributed by atoms with Crippen LogP contribution in [0.3, 0.4) is 0 Å². The van der Waals surface area contributed by atoms with E-state index in [1.807, 2.05) is 110 Å². The number of carbonyl (C=O) groups excluding carboxylic acids is 1. The molecular weight excluding hydrogens is 496 g/mol. The molecule has 1 aromatic heterocycles. The van der Waals surface area contributed by atoms with Gasteiger partial charge in [-0.2, -0.15) is 0 Å².